The summed E-state index contributed by atoms with van der Waals surface area (Å²) in [5.41, 5.74) is 5.53. The number of nitrogens with zero attached hydrogens (tertiary/aromatic N) is 2. The molecular formula is C43H78N6O22. The smallest absolute Gasteiger partial charge is 0.236 e. The summed E-state index contributed by atoms with van der Waals surface area (Å²) in [4.78, 5) is 67.4. The Morgan fingerprint density at radius 1 is 0.577 bits per heavy atom. The zero-order valence-corrected chi connectivity index (χ0v) is 40.3. The van der Waals surface area contributed by atoms with E-state index in [9.17, 15) is 80.1 Å². The van der Waals surface area contributed by atoms with Gasteiger partial charge in [0.2, 0.25) is 23.6 Å². The summed E-state index contributed by atoms with van der Waals surface area (Å²) in [6.45, 7) is -1.41. The van der Waals surface area contributed by atoms with Gasteiger partial charge in [0.15, 0.2) is 24.7 Å². The monoisotopic (exact) mass is 1030 g/mol. The minimum atomic E-state index is -1.77. The number of nitrogens with two attached hydrogens (primary N) is 1. The lowest BCUT2D eigenvalue weighted by atomic mass is 9.99. The number of aliphatic hydroxyl groups is 11. The maximum absolute atomic E-state index is 14.1. The van der Waals surface area contributed by atoms with Crippen molar-refractivity contribution in [3.8, 4) is 0 Å². The maximum Gasteiger partial charge on any atom is 0.236 e. The number of carbonyl (C=O) groups excluding carboxylic acids is 5. The lowest BCUT2D eigenvalue weighted by Crippen LogP contribution is -2.59. The Balaban J connectivity index is 1.68. The van der Waals surface area contributed by atoms with E-state index in [2.05, 4.69) is 16.0 Å². The van der Waals surface area contributed by atoms with Crippen LogP contribution in [-0.2, 0) is 52.4 Å². The fourth-order valence-corrected chi connectivity index (χ4v) is 7.77. The van der Waals surface area contributed by atoms with Crippen molar-refractivity contribution in [3.05, 3.63) is 0 Å². The van der Waals surface area contributed by atoms with Gasteiger partial charge in [0.05, 0.1) is 64.8 Å². The van der Waals surface area contributed by atoms with Crippen molar-refractivity contribution in [2.75, 3.05) is 85.4 Å². The van der Waals surface area contributed by atoms with E-state index in [1.807, 2.05) is 0 Å². The first-order valence-corrected chi connectivity index (χ1v) is 23.9. The number of hydrogen-bond acceptors (Lipinski definition) is 24. The van der Waals surface area contributed by atoms with Crippen LogP contribution in [0.1, 0.15) is 58.8 Å². The molecule has 0 aromatic carbocycles. The van der Waals surface area contributed by atoms with Gasteiger partial charge in [-0.1, -0.05) is 6.42 Å². The Morgan fingerprint density at radius 3 is 1.58 bits per heavy atom. The first-order chi connectivity index (χ1) is 33.7. The summed E-state index contributed by atoms with van der Waals surface area (Å²) in [7, 11) is 0. The first kappa shape index (κ1) is 62.1. The molecule has 0 radical (unpaired) electrons. The van der Waals surface area contributed by atoms with Gasteiger partial charge in [0.1, 0.15) is 67.1 Å². The highest BCUT2D eigenvalue weighted by atomic mass is 16.7. The predicted octanol–water partition coefficient (Wildman–Crippen LogP) is -8.41. The molecule has 3 fully saturated rings. The van der Waals surface area contributed by atoms with Crippen LogP contribution in [0.15, 0.2) is 0 Å². The zero-order chi connectivity index (χ0) is 52.8. The Hall–Kier alpha value is -3.21. The minimum absolute atomic E-state index is 0.154. The van der Waals surface area contributed by atoms with Crippen molar-refractivity contribution in [2.45, 2.75) is 157 Å². The molecule has 3 aliphatic heterocycles. The Labute approximate surface area is 411 Å². The lowest BCUT2D eigenvalue weighted by Gasteiger charge is -2.40. The van der Waals surface area contributed by atoms with Crippen molar-refractivity contribution in [3.63, 3.8) is 0 Å². The number of ketones is 1. The summed E-state index contributed by atoms with van der Waals surface area (Å²) in [6.07, 6.45) is -19.3. The molecule has 4 amide bonds. The lowest BCUT2D eigenvalue weighted by molar-refractivity contribution is -0.303. The molecule has 0 aromatic heterocycles. The quantitative estimate of drug-likeness (QED) is 0.0278. The molecule has 3 saturated heterocycles. The molecule has 16 atom stereocenters. The van der Waals surface area contributed by atoms with Crippen LogP contribution in [0.4, 0.5) is 0 Å². The second-order valence-electron chi connectivity index (χ2n) is 17.7. The number of carbonyl (C=O) groups is 5. The molecule has 0 saturated carbocycles. The van der Waals surface area contributed by atoms with Crippen LogP contribution in [0, 0.1) is 0 Å². The van der Waals surface area contributed by atoms with E-state index < -0.39 is 162 Å². The van der Waals surface area contributed by atoms with E-state index in [4.69, 9.17) is 34.2 Å². The average molecular weight is 1030 g/mol. The van der Waals surface area contributed by atoms with Gasteiger partial charge in [-0.15, -0.1) is 0 Å². The van der Waals surface area contributed by atoms with Gasteiger partial charge in [-0.25, -0.2) is 0 Å². The Bertz CT molecular complexity index is 1570. The number of aliphatic hydroxyl groups excluding tert-OH is 11. The van der Waals surface area contributed by atoms with Crippen molar-refractivity contribution in [2.24, 2.45) is 5.73 Å². The summed E-state index contributed by atoms with van der Waals surface area (Å²) >= 11 is 0. The fraction of sp³-hybridized carbons (Fsp3) is 0.884. The number of amides is 4. The average Bonchev–Trinajstić information content (AvgIpc) is 3.33. The maximum atomic E-state index is 14.1. The highest BCUT2D eigenvalue weighted by Crippen LogP contribution is 2.24. The van der Waals surface area contributed by atoms with Crippen molar-refractivity contribution in [1.82, 2.24) is 25.8 Å². The number of unbranched alkanes of at least 4 members (excludes halogenated alkanes) is 3. The predicted molar refractivity (Wildman–Crippen MR) is 241 cm³/mol. The summed E-state index contributed by atoms with van der Waals surface area (Å²) < 4.78 is 32.8. The summed E-state index contributed by atoms with van der Waals surface area (Å²) in [6, 6.07) is -0.597. The molecule has 3 rings (SSSR count). The van der Waals surface area contributed by atoms with Crippen LogP contribution in [0.25, 0.3) is 0 Å². The van der Waals surface area contributed by atoms with Crippen LogP contribution in [0.5, 0.6) is 0 Å². The number of hydrogen-bond donors (Lipinski definition) is 15. The second kappa shape index (κ2) is 32.2. The second-order valence-corrected chi connectivity index (χ2v) is 17.7. The standard InChI is InChI=1S/C43H78N6O22/c1-23(52)25(8-5-6-10-44)47-28(53)9-4-3-7-11-45-29(54)18-48(19-30(55)46-12-15-66-41-38(63)35(60)32(57)24(2)69-41)20-31(56)49(13-16-67-42-39(64)36(61)33(58)26(21-50)70-42)14-17-68-43-40(65)37(62)34(59)27(22-51)71-43/h24-27,32-43,50-51,57-65H,3-22,44H2,1-2H3,(H,45,54)(H,46,55)(H,47,53)/t24-,25-,26+,27+,32+,33+,34+,35+,36-,37-,38-,39-,40-,41-,42?,43?/m0/s1. The first-order valence-electron chi connectivity index (χ1n) is 23.9. The third kappa shape index (κ3) is 20.2. The van der Waals surface area contributed by atoms with E-state index in [0.717, 1.165) is 11.3 Å². The van der Waals surface area contributed by atoms with Crippen molar-refractivity contribution < 1.29 is 109 Å². The van der Waals surface area contributed by atoms with Crippen molar-refractivity contribution >= 4 is 29.4 Å². The fourth-order valence-electron chi connectivity index (χ4n) is 7.77. The molecule has 3 aliphatic rings. The van der Waals surface area contributed by atoms with Gasteiger partial charge in [0, 0.05) is 32.6 Å². The summed E-state index contributed by atoms with van der Waals surface area (Å²) in [5.74, 6) is -2.44. The molecule has 71 heavy (non-hydrogen) atoms. The van der Waals surface area contributed by atoms with Gasteiger partial charge < -0.3 is 111 Å². The molecule has 0 bridgehead atoms. The van der Waals surface area contributed by atoms with E-state index in [1.165, 1.54) is 18.7 Å². The largest absolute Gasteiger partial charge is 0.394 e. The third-order valence-electron chi connectivity index (χ3n) is 12.1. The zero-order valence-electron chi connectivity index (χ0n) is 40.3. The number of ether oxygens (including phenoxy) is 6. The van der Waals surface area contributed by atoms with E-state index in [1.54, 1.807) is 0 Å². The number of rotatable bonds is 32. The van der Waals surface area contributed by atoms with Crippen LogP contribution < -0.4 is 21.7 Å². The van der Waals surface area contributed by atoms with Gasteiger partial charge in [-0.3, -0.25) is 28.9 Å². The summed E-state index contributed by atoms with van der Waals surface area (Å²) in [5, 5.41) is 119. The highest BCUT2D eigenvalue weighted by Gasteiger charge is 2.46. The normalized spacial score (nSPS) is 31.5. The van der Waals surface area contributed by atoms with Crippen LogP contribution in [0.2, 0.25) is 0 Å². The molecular weight excluding hydrogens is 952 g/mol. The van der Waals surface area contributed by atoms with E-state index in [-0.39, 0.29) is 50.9 Å². The van der Waals surface area contributed by atoms with Crippen LogP contribution in [-0.4, -0.2) is 279 Å². The number of nitrogens with one attached hydrogen (secondary N) is 3. The molecule has 0 aromatic rings. The minimum Gasteiger partial charge on any atom is -0.394 e. The number of Topliss-reactive ketones (excluding diaryl/α,β-unsaturated/α-hetero) is 1. The Kier molecular flexibility index (Phi) is 28.1. The van der Waals surface area contributed by atoms with E-state index >= 15 is 0 Å². The van der Waals surface area contributed by atoms with Crippen LogP contribution in [0.3, 0.4) is 0 Å². The molecule has 412 valence electrons. The van der Waals surface area contributed by atoms with Gasteiger partial charge >= 0.3 is 0 Å². The van der Waals surface area contributed by atoms with Crippen LogP contribution >= 0.6 is 0 Å². The molecule has 0 spiro atoms. The molecule has 28 heteroatoms. The SMILES string of the molecule is CC(=O)[C@H](CCCCN)NC(=O)CCCCCNC(=O)CN(CC(=O)NCCO[C@H]1O[C@@H](C)[C@@H](O)[C@@H](O)[C@@H]1O)CC(=O)N(CCOC1O[C@H](CO)[C@@H](O)[C@H](O)[C@@H]1O)CCOC1O[C@H](CO)[C@@H](O)[C@H](O)[C@@H]1O. The van der Waals surface area contributed by atoms with Gasteiger partial charge in [0.25, 0.3) is 0 Å². The molecule has 3 heterocycles. The van der Waals surface area contributed by atoms with Gasteiger partial charge in [-0.05, 0) is 52.5 Å². The van der Waals surface area contributed by atoms with Crippen molar-refractivity contribution in [1.29, 1.82) is 0 Å². The Morgan fingerprint density at radius 2 is 1.07 bits per heavy atom. The highest BCUT2D eigenvalue weighted by molar-refractivity contribution is 5.87. The van der Waals surface area contributed by atoms with E-state index in [0.29, 0.717) is 38.6 Å². The molecule has 16 N–H and O–H groups in total. The van der Waals surface area contributed by atoms with Gasteiger partial charge in [-0.2, -0.15) is 0 Å². The third-order valence-corrected chi connectivity index (χ3v) is 12.1. The molecule has 28 nitrogen and oxygen atoms in total. The molecule has 0 aliphatic carbocycles. The topological polar surface area (TPSA) is 432 Å². The molecule has 2 unspecified atom stereocenters.